The summed E-state index contributed by atoms with van der Waals surface area (Å²) in [5, 5.41) is 2.94. The van der Waals surface area contributed by atoms with Crippen molar-refractivity contribution in [2.45, 2.75) is 45.8 Å². The third-order valence-electron chi connectivity index (χ3n) is 6.20. The van der Waals surface area contributed by atoms with Crippen LogP contribution < -0.4 is 14.4 Å². The lowest BCUT2D eigenvalue weighted by Crippen LogP contribution is -2.54. The van der Waals surface area contributed by atoms with Gasteiger partial charge in [0.1, 0.15) is 18.3 Å². The molecule has 0 fully saturated rings. The van der Waals surface area contributed by atoms with E-state index in [9.17, 15) is 18.0 Å². The number of rotatable bonds is 12. The van der Waals surface area contributed by atoms with Crippen LogP contribution >= 0.6 is 0 Å². The zero-order valence-electron chi connectivity index (χ0n) is 23.1. The fourth-order valence-corrected chi connectivity index (χ4v) is 5.05. The van der Waals surface area contributed by atoms with Crippen molar-refractivity contribution in [2.75, 3.05) is 24.2 Å². The number of aryl methyl sites for hydroxylation is 1. The van der Waals surface area contributed by atoms with Crippen LogP contribution in [0.1, 0.15) is 30.5 Å². The first kappa shape index (κ1) is 29.7. The second-order valence-corrected chi connectivity index (χ2v) is 11.8. The van der Waals surface area contributed by atoms with Crippen LogP contribution in [0, 0.1) is 6.92 Å². The second-order valence-electron chi connectivity index (χ2n) is 9.85. The van der Waals surface area contributed by atoms with E-state index in [2.05, 4.69) is 5.32 Å². The van der Waals surface area contributed by atoms with Gasteiger partial charge in [0.15, 0.2) is 0 Å². The number of hydrogen-bond acceptors (Lipinski definition) is 5. The Balaban J connectivity index is 2.05. The van der Waals surface area contributed by atoms with Gasteiger partial charge in [-0.25, -0.2) is 8.42 Å². The summed E-state index contributed by atoms with van der Waals surface area (Å²) in [5.74, 6) is -0.339. The Kier molecular flexibility index (Phi) is 10.1. The van der Waals surface area contributed by atoms with Crippen LogP contribution in [-0.4, -0.2) is 57.1 Å². The topological polar surface area (TPSA) is 96.0 Å². The third-order valence-corrected chi connectivity index (χ3v) is 7.34. The molecule has 3 rings (SSSR count). The van der Waals surface area contributed by atoms with Crippen molar-refractivity contribution in [1.29, 1.82) is 0 Å². The van der Waals surface area contributed by atoms with E-state index >= 15 is 0 Å². The number of hydrogen-bond donors (Lipinski definition) is 1. The maximum atomic E-state index is 14.0. The van der Waals surface area contributed by atoms with Crippen LogP contribution in [0.15, 0.2) is 78.9 Å². The number of nitrogens with zero attached hydrogens (tertiary/aromatic N) is 2. The van der Waals surface area contributed by atoms with Crippen LogP contribution in [-0.2, 0) is 32.6 Å². The molecule has 0 saturated heterocycles. The molecule has 1 atom stereocenters. The van der Waals surface area contributed by atoms with E-state index in [0.29, 0.717) is 11.4 Å². The quantitative estimate of drug-likeness (QED) is 0.368. The SMILES string of the molecule is COc1cccc(N(CC(=O)N(Cc2ccc(C)cc2)[C@@H](Cc2ccccc2)C(=O)NC(C)C)S(C)(=O)=O)c1. The number of amides is 2. The first-order valence-electron chi connectivity index (χ1n) is 12.8. The Morgan fingerprint density at radius 3 is 2.18 bits per heavy atom. The molecule has 0 aliphatic heterocycles. The van der Waals surface area contributed by atoms with Gasteiger partial charge in [-0.3, -0.25) is 13.9 Å². The molecular weight excluding hydrogens is 514 g/mol. The van der Waals surface area contributed by atoms with E-state index in [1.165, 1.54) is 12.0 Å². The zero-order valence-corrected chi connectivity index (χ0v) is 23.9. The van der Waals surface area contributed by atoms with E-state index in [0.717, 1.165) is 27.3 Å². The maximum Gasteiger partial charge on any atom is 0.244 e. The molecule has 0 spiro atoms. The van der Waals surface area contributed by atoms with Gasteiger partial charge in [0.05, 0.1) is 19.1 Å². The highest BCUT2D eigenvalue weighted by atomic mass is 32.2. The van der Waals surface area contributed by atoms with Crippen molar-refractivity contribution in [2.24, 2.45) is 0 Å². The molecule has 39 heavy (non-hydrogen) atoms. The van der Waals surface area contributed by atoms with E-state index in [1.807, 2.05) is 75.4 Å². The Morgan fingerprint density at radius 1 is 0.923 bits per heavy atom. The van der Waals surface area contributed by atoms with Crippen molar-refractivity contribution >= 4 is 27.5 Å². The lowest BCUT2D eigenvalue weighted by Gasteiger charge is -2.34. The van der Waals surface area contributed by atoms with Gasteiger partial charge < -0.3 is 15.0 Å². The van der Waals surface area contributed by atoms with Crippen LogP contribution in [0.4, 0.5) is 5.69 Å². The lowest BCUT2D eigenvalue weighted by atomic mass is 10.0. The third kappa shape index (κ3) is 8.58. The van der Waals surface area contributed by atoms with Gasteiger partial charge in [-0.1, -0.05) is 66.2 Å². The van der Waals surface area contributed by atoms with Gasteiger partial charge in [0.2, 0.25) is 21.8 Å². The summed E-state index contributed by atoms with van der Waals surface area (Å²) in [7, 11) is -2.36. The summed E-state index contributed by atoms with van der Waals surface area (Å²) in [6.45, 7) is 5.35. The molecule has 0 aliphatic rings. The molecule has 9 heteroatoms. The summed E-state index contributed by atoms with van der Waals surface area (Å²) >= 11 is 0. The number of nitrogens with one attached hydrogen (secondary N) is 1. The van der Waals surface area contributed by atoms with Gasteiger partial charge in [-0.05, 0) is 44.0 Å². The predicted octanol–water partition coefficient (Wildman–Crippen LogP) is 3.93. The number of benzene rings is 3. The zero-order chi connectivity index (χ0) is 28.6. The number of anilines is 1. The summed E-state index contributed by atoms with van der Waals surface area (Å²) in [6.07, 6.45) is 1.33. The Hall–Kier alpha value is -3.85. The van der Waals surface area contributed by atoms with E-state index < -0.39 is 28.5 Å². The van der Waals surface area contributed by atoms with Crippen LogP contribution in [0.2, 0.25) is 0 Å². The molecule has 208 valence electrons. The molecule has 0 radical (unpaired) electrons. The average Bonchev–Trinajstić information content (AvgIpc) is 2.89. The smallest absolute Gasteiger partial charge is 0.244 e. The fourth-order valence-electron chi connectivity index (χ4n) is 4.20. The standard InChI is InChI=1S/C30H37N3O5S/c1-22(2)31-30(35)28(18-24-10-7-6-8-11-24)32(20-25-16-14-23(3)15-17-25)29(34)21-33(39(5,36)37)26-12-9-13-27(19-26)38-4/h6-17,19,22,28H,18,20-21H2,1-5H3,(H,31,35)/t28-/m0/s1. The minimum atomic E-state index is -3.84. The van der Waals surface area contributed by atoms with Crippen molar-refractivity contribution < 1.29 is 22.7 Å². The Labute approximate surface area is 231 Å². The predicted molar refractivity (Wildman–Crippen MR) is 154 cm³/mol. The highest BCUT2D eigenvalue weighted by Crippen LogP contribution is 2.24. The number of sulfonamides is 1. The van der Waals surface area contributed by atoms with Gasteiger partial charge in [0.25, 0.3) is 0 Å². The lowest BCUT2D eigenvalue weighted by molar-refractivity contribution is -0.140. The molecule has 0 unspecified atom stereocenters. The maximum absolute atomic E-state index is 14.0. The van der Waals surface area contributed by atoms with E-state index in [4.69, 9.17) is 4.74 Å². The van der Waals surface area contributed by atoms with Crippen molar-refractivity contribution in [3.05, 3.63) is 95.6 Å². The first-order valence-corrected chi connectivity index (χ1v) is 14.6. The van der Waals surface area contributed by atoms with Crippen molar-refractivity contribution in [3.8, 4) is 5.75 Å². The Morgan fingerprint density at radius 2 is 1.59 bits per heavy atom. The molecule has 0 heterocycles. The molecule has 3 aromatic carbocycles. The minimum Gasteiger partial charge on any atom is -0.497 e. The summed E-state index contributed by atoms with van der Waals surface area (Å²) in [4.78, 5) is 29.0. The van der Waals surface area contributed by atoms with Crippen molar-refractivity contribution in [1.82, 2.24) is 10.2 Å². The van der Waals surface area contributed by atoms with Crippen LogP contribution in [0.25, 0.3) is 0 Å². The van der Waals surface area contributed by atoms with Gasteiger partial charge in [-0.15, -0.1) is 0 Å². The fraction of sp³-hybridized carbons (Fsp3) is 0.333. The molecule has 2 amide bonds. The molecule has 3 aromatic rings. The summed E-state index contributed by atoms with van der Waals surface area (Å²) in [6, 6.07) is 22.7. The normalized spacial score (nSPS) is 12.1. The second kappa shape index (κ2) is 13.3. The van der Waals surface area contributed by atoms with Gasteiger partial charge in [-0.2, -0.15) is 0 Å². The highest BCUT2D eigenvalue weighted by molar-refractivity contribution is 7.92. The Bertz CT molecular complexity index is 1360. The molecule has 0 bridgehead atoms. The largest absolute Gasteiger partial charge is 0.497 e. The number of carbonyl (C=O) groups is 2. The molecule has 0 aromatic heterocycles. The summed E-state index contributed by atoms with van der Waals surface area (Å²) < 4.78 is 32.0. The molecule has 0 aliphatic carbocycles. The van der Waals surface area contributed by atoms with Gasteiger partial charge >= 0.3 is 0 Å². The van der Waals surface area contributed by atoms with Gasteiger partial charge in [0, 0.05) is 25.1 Å². The number of methoxy groups -OCH3 is 1. The average molecular weight is 552 g/mol. The number of carbonyl (C=O) groups excluding carboxylic acids is 2. The van der Waals surface area contributed by atoms with Crippen LogP contribution in [0.3, 0.4) is 0 Å². The number of ether oxygens (including phenoxy) is 1. The van der Waals surface area contributed by atoms with Crippen LogP contribution in [0.5, 0.6) is 5.75 Å². The highest BCUT2D eigenvalue weighted by Gasteiger charge is 2.33. The van der Waals surface area contributed by atoms with E-state index in [1.54, 1.807) is 24.3 Å². The minimum absolute atomic E-state index is 0.137. The molecular formula is C30H37N3O5S. The first-order chi connectivity index (χ1) is 18.5. The molecule has 0 saturated carbocycles. The summed E-state index contributed by atoms with van der Waals surface area (Å²) in [5.41, 5.74) is 3.08. The monoisotopic (exact) mass is 551 g/mol. The van der Waals surface area contributed by atoms with Crippen molar-refractivity contribution in [3.63, 3.8) is 0 Å². The molecule has 1 N–H and O–H groups in total. The molecule has 8 nitrogen and oxygen atoms in total. The van der Waals surface area contributed by atoms with E-state index in [-0.39, 0.29) is 24.9 Å².